The van der Waals surface area contributed by atoms with Crippen molar-refractivity contribution in [1.29, 1.82) is 0 Å². The van der Waals surface area contributed by atoms with Crippen LogP contribution in [0.1, 0.15) is 47.7 Å². The molecule has 0 bridgehead atoms. The Bertz CT molecular complexity index is 1620. The van der Waals surface area contributed by atoms with Gasteiger partial charge in [-0.2, -0.15) is 0 Å². The van der Waals surface area contributed by atoms with Gasteiger partial charge in [0.05, 0.1) is 17.8 Å². The number of piperazine rings is 1. The Kier molecular flexibility index (Phi) is 8.20. The Hall–Kier alpha value is -3.85. The zero-order valence-electron chi connectivity index (χ0n) is 24.3. The largest absolute Gasteiger partial charge is 0.356 e. The second-order valence-corrected chi connectivity index (χ2v) is 11.5. The van der Waals surface area contributed by atoms with Gasteiger partial charge in [0, 0.05) is 55.4 Å². The van der Waals surface area contributed by atoms with Gasteiger partial charge in [0.2, 0.25) is 5.91 Å². The summed E-state index contributed by atoms with van der Waals surface area (Å²) in [6.45, 7) is 9.71. The molecule has 2 aliphatic heterocycles. The van der Waals surface area contributed by atoms with Crippen LogP contribution in [-0.4, -0.2) is 76.0 Å². The maximum Gasteiger partial charge on any atom is 0.222 e. The molecule has 1 N–H and O–H groups in total. The van der Waals surface area contributed by atoms with E-state index in [1.807, 2.05) is 42.7 Å². The predicted molar refractivity (Wildman–Crippen MR) is 167 cm³/mol. The summed E-state index contributed by atoms with van der Waals surface area (Å²) in [6.07, 6.45) is 0.179. The van der Waals surface area contributed by atoms with Crippen molar-refractivity contribution in [1.82, 2.24) is 29.9 Å². The first-order valence-electron chi connectivity index (χ1n) is 14.6. The molecule has 3 aromatic carbocycles. The van der Waals surface area contributed by atoms with Crippen LogP contribution in [0.4, 0.5) is 0 Å². The molecule has 1 fully saturated rings. The van der Waals surface area contributed by atoms with Crippen LogP contribution < -0.4 is 5.32 Å². The molecule has 1 saturated heterocycles. The van der Waals surface area contributed by atoms with Crippen LogP contribution in [0.15, 0.2) is 71.7 Å². The van der Waals surface area contributed by atoms with E-state index in [1.54, 1.807) is 0 Å². The van der Waals surface area contributed by atoms with Crippen LogP contribution in [-0.2, 0) is 11.3 Å². The Morgan fingerprint density at radius 1 is 0.952 bits per heavy atom. The van der Waals surface area contributed by atoms with Gasteiger partial charge in [-0.3, -0.25) is 19.3 Å². The summed E-state index contributed by atoms with van der Waals surface area (Å²) in [4.78, 5) is 22.9. The summed E-state index contributed by atoms with van der Waals surface area (Å²) in [5.41, 5.74) is 7.19. The van der Waals surface area contributed by atoms with Gasteiger partial charge in [0.15, 0.2) is 5.82 Å². The Balaban J connectivity index is 1.44. The van der Waals surface area contributed by atoms with Crippen LogP contribution in [0.2, 0.25) is 5.02 Å². The normalized spacial score (nSPS) is 17.2. The molecule has 0 saturated carbocycles. The minimum Gasteiger partial charge on any atom is -0.356 e. The average Bonchev–Trinajstić information content (AvgIpc) is 3.31. The van der Waals surface area contributed by atoms with E-state index in [-0.39, 0.29) is 12.3 Å². The van der Waals surface area contributed by atoms with Gasteiger partial charge in [-0.1, -0.05) is 48.0 Å². The van der Waals surface area contributed by atoms with Crippen molar-refractivity contribution in [2.24, 2.45) is 4.99 Å². The highest BCUT2D eigenvalue weighted by molar-refractivity contribution is 6.30. The lowest BCUT2D eigenvalue weighted by Crippen LogP contribution is -2.43. The third kappa shape index (κ3) is 5.88. The molecular formula is C33H36ClN7O. The minimum atomic E-state index is -0.494. The monoisotopic (exact) mass is 581 g/mol. The maximum atomic E-state index is 12.8. The smallest absolute Gasteiger partial charge is 0.222 e. The van der Waals surface area contributed by atoms with Gasteiger partial charge in [-0.25, -0.2) is 0 Å². The van der Waals surface area contributed by atoms with Gasteiger partial charge in [0.1, 0.15) is 11.9 Å². The number of hydrogen-bond acceptors (Lipinski definition) is 6. The summed E-state index contributed by atoms with van der Waals surface area (Å²) in [5.74, 6) is 1.34. The number of fused-ring (bicyclic) bond motifs is 3. The van der Waals surface area contributed by atoms with Crippen molar-refractivity contribution in [3.8, 4) is 16.8 Å². The van der Waals surface area contributed by atoms with Gasteiger partial charge >= 0.3 is 0 Å². The van der Waals surface area contributed by atoms with Crippen molar-refractivity contribution in [3.63, 3.8) is 0 Å². The summed E-state index contributed by atoms with van der Waals surface area (Å²) >= 11 is 6.27. The number of aryl methyl sites for hydroxylation is 1. The second kappa shape index (κ2) is 12.2. The van der Waals surface area contributed by atoms with E-state index in [2.05, 4.69) is 74.8 Å². The van der Waals surface area contributed by atoms with Crippen LogP contribution in [0.5, 0.6) is 0 Å². The second-order valence-electron chi connectivity index (χ2n) is 11.1. The van der Waals surface area contributed by atoms with Crippen LogP contribution in [0.25, 0.3) is 16.8 Å². The van der Waals surface area contributed by atoms with E-state index >= 15 is 0 Å². The molecule has 1 amide bonds. The molecule has 8 nitrogen and oxygen atoms in total. The average molecular weight is 582 g/mol. The Labute approximate surface area is 252 Å². The first kappa shape index (κ1) is 28.3. The Morgan fingerprint density at radius 3 is 2.45 bits per heavy atom. The van der Waals surface area contributed by atoms with Gasteiger partial charge in [-0.05, 0) is 67.9 Å². The number of likely N-dealkylation sites (N-methyl/N-ethyl adjacent to an activating group) is 1. The summed E-state index contributed by atoms with van der Waals surface area (Å²) < 4.78 is 2.04. The molecule has 42 heavy (non-hydrogen) atoms. The fourth-order valence-corrected chi connectivity index (χ4v) is 5.93. The number of benzene rings is 3. The molecule has 0 radical (unpaired) electrons. The summed E-state index contributed by atoms with van der Waals surface area (Å²) in [6, 6.07) is 22.5. The number of carbonyl (C=O) groups is 1. The summed E-state index contributed by atoms with van der Waals surface area (Å²) in [7, 11) is 2.18. The van der Waals surface area contributed by atoms with Gasteiger partial charge in [-0.15, -0.1) is 10.2 Å². The molecule has 216 valence electrons. The van der Waals surface area contributed by atoms with E-state index < -0.39 is 6.04 Å². The third-order valence-electron chi connectivity index (χ3n) is 8.06. The van der Waals surface area contributed by atoms with Crippen molar-refractivity contribution in [3.05, 3.63) is 100 Å². The highest BCUT2D eigenvalue weighted by atomic mass is 35.5. The molecule has 0 aliphatic carbocycles. The SMILES string of the molecule is CCNC(=O)C[C@@H]1N=C(c2ccc(Cl)cc2)c2cc(-c3cccc(CN4CCN(C)CC4)c3)ccc2-n2c(C)nnc21. The lowest BCUT2D eigenvalue weighted by molar-refractivity contribution is -0.121. The fourth-order valence-electron chi connectivity index (χ4n) is 5.81. The van der Waals surface area contributed by atoms with E-state index in [9.17, 15) is 4.79 Å². The standard InChI is InChI=1S/C33H36ClN7O/c1-4-35-31(42)20-29-33-38-37-22(2)41(33)30-13-10-26(19-28(30)32(36-29)24-8-11-27(34)12-9-24)25-7-5-6-23(18-25)21-40-16-14-39(3)15-17-40/h5-13,18-19,29H,4,14-17,20-21H2,1-3H3,(H,35,42)/t29-/m0/s1. The molecule has 4 aromatic rings. The van der Waals surface area contributed by atoms with Gasteiger partial charge in [0.25, 0.3) is 0 Å². The molecule has 6 rings (SSSR count). The molecule has 0 unspecified atom stereocenters. The van der Waals surface area contributed by atoms with Gasteiger partial charge < -0.3 is 10.2 Å². The van der Waals surface area contributed by atoms with Crippen molar-refractivity contribution in [2.75, 3.05) is 39.8 Å². The van der Waals surface area contributed by atoms with E-state index in [0.29, 0.717) is 17.4 Å². The number of rotatable bonds is 7. The number of halogens is 1. The number of aromatic nitrogens is 3. The number of hydrogen-bond donors (Lipinski definition) is 1. The first-order chi connectivity index (χ1) is 20.4. The number of amides is 1. The summed E-state index contributed by atoms with van der Waals surface area (Å²) in [5, 5.41) is 12.5. The molecule has 9 heteroatoms. The molecule has 2 aliphatic rings. The van der Waals surface area contributed by atoms with E-state index in [1.165, 1.54) is 5.56 Å². The van der Waals surface area contributed by atoms with Crippen molar-refractivity contribution >= 4 is 23.2 Å². The van der Waals surface area contributed by atoms with E-state index in [4.69, 9.17) is 16.6 Å². The third-order valence-corrected chi connectivity index (χ3v) is 8.31. The molecule has 3 heterocycles. The van der Waals surface area contributed by atoms with E-state index in [0.717, 1.165) is 72.2 Å². The van der Waals surface area contributed by atoms with Crippen molar-refractivity contribution in [2.45, 2.75) is 32.9 Å². The lowest BCUT2D eigenvalue weighted by Gasteiger charge is -2.32. The fraction of sp³-hybridized carbons (Fsp3) is 0.333. The quantitative estimate of drug-likeness (QED) is 0.330. The maximum absolute atomic E-state index is 12.8. The number of nitrogens with one attached hydrogen (secondary N) is 1. The number of nitrogens with zero attached hydrogens (tertiary/aromatic N) is 6. The lowest BCUT2D eigenvalue weighted by atomic mass is 9.95. The highest BCUT2D eigenvalue weighted by Gasteiger charge is 2.30. The Morgan fingerprint density at radius 2 is 1.69 bits per heavy atom. The van der Waals surface area contributed by atoms with Crippen LogP contribution in [0, 0.1) is 6.92 Å². The molecule has 0 spiro atoms. The van der Waals surface area contributed by atoms with Crippen LogP contribution >= 0.6 is 11.6 Å². The first-order valence-corrected chi connectivity index (χ1v) is 14.9. The zero-order chi connectivity index (χ0) is 29.2. The number of aliphatic imine (C=N–C) groups is 1. The number of carbonyl (C=O) groups excluding carboxylic acids is 1. The highest BCUT2D eigenvalue weighted by Crippen LogP contribution is 2.35. The predicted octanol–water partition coefficient (Wildman–Crippen LogP) is 5.06. The minimum absolute atomic E-state index is 0.0716. The molecule has 1 atom stereocenters. The topological polar surface area (TPSA) is 78.7 Å². The van der Waals surface area contributed by atoms with Crippen molar-refractivity contribution < 1.29 is 4.79 Å². The molecule has 1 aromatic heterocycles. The molecular weight excluding hydrogens is 546 g/mol. The van der Waals surface area contributed by atoms with Crippen LogP contribution in [0.3, 0.4) is 0 Å². The zero-order valence-corrected chi connectivity index (χ0v) is 25.1.